The van der Waals surface area contributed by atoms with Gasteiger partial charge in [0, 0.05) is 43.1 Å². The summed E-state index contributed by atoms with van der Waals surface area (Å²) in [7, 11) is 0. The van der Waals surface area contributed by atoms with Crippen LogP contribution in [-0.2, 0) is 17.0 Å². The van der Waals surface area contributed by atoms with Crippen molar-refractivity contribution < 1.29 is 14.5 Å². The van der Waals surface area contributed by atoms with Crippen molar-refractivity contribution in [3.05, 3.63) is 74.1 Å². The first-order valence-electron chi connectivity index (χ1n) is 12.3. The number of aromatic nitrogens is 2. The number of nitrogens with zero attached hydrogens (tertiary/aromatic N) is 3. The molecule has 0 spiro atoms. The van der Waals surface area contributed by atoms with E-state index in [0.717, 1.165) is 44.3 Å². The maximum Gasteiger partial charge on any atom is 0.269 e. The van der Waals surface area contributed by atoms with Gasteiger partial charge in [0.05, 0.1) is 21.9 Å². The Labute approximate surface area is 213 Å². The number of nitro benzene ring substituents is 1. The van der Waals surface area contributed by atoms with Crippen LogP contribution in [-0.4, -0.2) is 39.6 Å². The molecule has 1 aliphatic heterocycles. The van der Waals surface area contributed by atoms with Crippen molar-refractivity contribution in [1.82, 2.24) is 14.9 Å². The van der Waals surface area contributed by atoms with Crippen molar-refractivity contribution in [3.63, 3.8) is 0 Å². The zero-order valence-electron chi connectivity index (χ0n) is 20.3. The van der Waals surface area contributed by atoms with Crippen molar-refractivity contribution in [1.29, 1.82) is 0 Å². The summed E-state index contributed by atoms with van der Waals surface area (Å²) in [6.45, 7) is 3.82. The van der Waals surface area contributed by atoms with Crippen molar-refractivity contribution >= 4 is 34.3 Å². The van der Waals surface area contributed by atoms with E-state index in [1.807, 2.05) is 6.07 Å². The summed E-state index contributed by atoms with van der Waals surface area (Å²) in [6.07, 6.45) is 4.83. The van der Waals surface area contributed by atoms with Gasteiger partial charge in [0.2, 0.25) is 0 Å². The molecule has 0 saturated carbocycles. The fourth-order valence-corrected chi connectivity index (χ4v) is 5.16. The molecule has 36 heavy (non-hydrogen) atoms. The van der Waals surface area contributed by atoms with Crippen LogP contribution in [0.5, 0.6) is 0 Å². The molecule has 1 fully saturated rings. The smallest absolute Gasteiger partial charge is 0.269 e. The van der Waals surface area contributed by atoms with Gasteiger partial charge in [0.15, 0.2) is 5.16 Å². The molecule has 2 aromatic carbocycles. The zero-order valence-corrected chi connectivity index (χ0v) is 21.1. The van der Waals surface area contributed by atoms with E-state index in [1.54, 1.807) is 28.8 Å². The van der Waals surface area contributed by atoms with Crippen molar-refractivity contribution in [3.8, 4) is 0 Å². The SMILES string of the molecule is CCCCCn1c(SCc2cccc([N+](=O)[O-])c2)nc2cc(C(=O)NC[C@@H]3CCCO3)ccc2c1=O. The maximum absolute atomic E-state index is 13.4. The predicted molar refractivity (Wildman–Crippen MR) is 139 cm³/mol. The first-order chi connectivity index (χ1) is 17.5. The molecule has 0 bridgehead atoms. The van der Waals surface area contributed by atoms with Gasteiger partial charge >= 0.3 is 0 Å². The average molecular weight is 511 g/mol. The Morgan fingerprint density at radius 3 is 2.89 bits per heavy atom. The molecule has 1 N–H and O–H groups in total. The Bertz CT molecular complexity index is 1300. The highest BCUT2D eigenvalue weighted by atomic mass is 32.2. The molecule has 3 aromatic rings. The number of nitrogens with one attached hydrogen (secondary N) is 1. The number of fused-ring (bicyclic) bond motifs is 1. The van der Waals surface area contributed by atoms with Gasteiger partial charge in [-0.1, -0.05) is 43.7 Å². The highest BCUT2D eigenvalue weighted by Gasteiger charge is 2.18. The Hall–Kier alpha value is -3.24. The number of nitro groups is 1. The standard InChI is InChI=1S/C26H30N4O5S/c1-2-3-4-12-29-25(32)22-11-10-19(24(31)27-16-21-9-6-13-35-21)15-23(22)28-26(29)36-17-18-7-5-8-20(14-18)30(33)34/h5,7-8,10-11,14-15,21H,2-4,6,9,12-13,16-17H2,1H3,(H,27,31)/t21-/m0/s1. The van der Waals surface area contributed by atoms with E-state index in [0.29, 0.717) is 40.5 Å². The van der Waals surface area contributed by atoms with Gasteiger partial charge < -0.3 is 10.1 Å². The Morgan fingerprint density at radius 1 is 1.28 bits per heavy atom. The van der Waals surface area contributed by atoms with E-state index in [-0.39, 0.29) is 23.3 Å². The highest BCUT2D eigenvalue weighted by molar-refractivity contribution is 7.98. The lowest BCUT2D eigenvalue weighted by Crippen LogP contribution is -2.31. The van der Waals surface area contributed by atoms with Crippen LogP contribution >= 0.6 is 11.8 Å². The molecule has 4 rings (SSSR count). The largest absolute Gasteiger partial charge is 0.376 e. The van der Waals surface area contributed by atoms with Crippen LogP contribution < -0.4 is 10.9 Å². The van der Waals surface area contributed by atoms with Crippen LogP contribution in [0, 0.1) is 10.1 Å². The molecular formula is C26H30N4O5S. The van der Waals surface area contributed by atoms with E-state index in [1.165, 1.54) is 23.9 Å². The van der Waals surface area contributed by atoms with Crippen LogP contribution in [0.4, 0.5) is 5.69 Å². The Balaban J connectivity index is 1.60. The number of carbonyl (C=O) groups excluding carboxylic acids is 1. The predicted octanol–water partition coefficient (Wildman–Crippen LogP) is 4.70. The van der Waals surface area contributed by atoms with Gasteiger partial charge in [-0.15, -0.1) is 0 Å². The lowest BCUT2D eigenvalue weighted by atomic mass is 10.1. The van der Waals surface area contributed by atoms with E-state index >= 15 is 0 Å². The summed E-state index contributed by atoms with van der Waals surface area (Å²) in [5.74, 6) is 0.196. The number of benzene rings is 2. The number of thioether (sulfide) groups is 1. The fraction of sp³-hybridized carbons (Fsp3) is 0.423. The fourth-order valence-electron chi connectivity index (χ4n) is 4.19. The molecule has 9 nitrogen and oxygen atoms in total. The summed E-state index contributed by atoms with van der Waals surface area (Å²) in [6, 6.07) is 11.4. The van der Waals surface area contributed by atoms with Crippen LogP contribution in [0.25, 0.3) is 10.9 Å². The number of unbranched alkanes of at least 4 members (excludes halogenated alkanes) is 2. The second-order valence-corrected chi connectivity index (χ2v) is 9.79. The number of hydrogen-bond acceptors (Lipinski definition) is 7. The topological polar surface area (TPSA) is 116 Å². The second kappa shape index (κ2) is 12.1. The number of ether oxygens (including phenoxy) is 1. The third-order valence-corrected chi connectivity index (χ3v) is 7.22. The van der Waals surface area contributed by atoms with Gasteiger partial charge in [-0.05, 0) is 43.0 Å². The molecule has 1 aromatic heterocycles. The minimum atomic E-state index is -0.422. The summed E-state index contributed by atoms with van der Waals surface area (Å²) in [5, 5.41) is 15.0. The minimum Gasteiger partial charge on any atom is -0.376 e. The van der Waals surface area contributed by atoms with Crippen LogP contribution in [0.3, 0.4) is 0 Å². The molecule has 1 saturated heterocycles. The lowest BCUT2D eigenvalue weighted by Gasteiger charge is -2.14. The highest BCUT2D eigenvalue weighted by Crippen LogP contribution is 2.25. The molecule has 0 radical (unpaired) electrons. The molecule has 190 valence electrons. The van der Waals surface area contributed by atoms with Gasteiger partial charge in [0.1, 0.15) is 0 Å². The average Bonchev–Trinajstić information content (AvgIpc) is 3.41. The zero-order chi connectivity index (χ0) is 25.5. The summed E-state index contributed by atoms with van der Waals surface area (Å²) >= 11 is 1.36. The van der Waals surface area contributed by atoms with Gasteiger partial charge in [-0.25, -0.2) is 4.98 Å². The summed E-state index contributed by atoms with van der Waals surface area (Å²) in [5.41, 5.74) is 1.54. The molecule has 1 aliphatic rings. The number of hydrogen-bond donors (Lipinski definition) is 1. The molecular weight excluding hydrogens is 480 g/mol. The van der Waals surface area contributed by atoms with Crippen molar-refractivity contribution in [2.75, 3.05) is 13.2 Å². The van der Waals surface area contributed by atoms with E-state index in [2.05, 4.69) is 12.2 Å². The Morgan fingerprint density at radius 2 is 2.14 bits per heavy atom. The normalized spacial score (nSPS) is 15.3. The number of amides is 1. The first kappa shape index (κ1) is 25.8. The maximum atomic E-state index is 13.4. The monoisotopic (exact) mass is 510 g/mol. The van der Waals surface area contributed by atoms with E-state index in [9.17, 15) is 19.7 Å². The molecule has 0 aliphatic carbocycles. The number of non-ortho nitro benzene ring substituents is 1. The molecule has 1 amide bonds. The van der Waals surface area contributed by atoms with Gasteiger partial charge in [-0.2, -0.15) is 0 Å². The van der Waals surface area contributed by atoms with Gasteiger partial charge in [0.25, 0.3) is 17.2 Å². The van der Waals surface area contributed by atoms with Gasteiger partial charge in [-0.3, -0.25) is 24.3 Å². The Kier molecular flexibility index (Phi) is 8.71. The van der Waals surface area contributed by atoms with Crippen LogP contribution in [0.1, 0.15) is 54.9 Å². The third kappa shape index (κ3) is 6.30. The second-order valence-electron chi connectivity index (χ2n) is 8.85. The van der Waals surface area contributed by atoms with Crippen molar-refractivity contribution in [2.45, 2.75) is 62.6 Å². The molecule has 10 heteroatoms. The third-order valence-electron chi connectivity index (χ3n) is 6.17. The number of carbonyl (C=O) groups is 1. The van der Waals surface area contributed by atoms with E-state index in [4.69, 9.17) is 9.72 Å². The molecule has 2 heterocycles. The lowest BCUT2D eigenvalue weighted by molar-refractivity contribution is -0.384. The number of rotatable bonds is 11. The molecule has 0 unspecified atom stereocenters. The molecule has 1 atom stereocenters. The minimum absolute atomic E-state index is 0.0264. The summed E-state index contributed by atoms with van der Waals surface area (Å²) in [4.78, 5) is 41.6. The van der Waals surface area contributed by atoms with Crippen LogP contribution in [0.2, 0.25) is 0 Å². The van der Waals surface area contributed by atoms with Crippen molar-refractivity contribution in [2.24, 2.45) is 0 Å². The summed E-state index contributed by atoms with van der Waals surface area (Å²) < 4.78 is 7.24. The quantitative estimate of drug-likeness (QED) is 0.131. The van der Waals surface area contributed by atoms with E-state index < -0.39 is 4.92 Å². The van der Waals surface area contributed by atoms with Crippen LogP contribution in [0.15, 0.2) is 52.4 Å². The first-order valence-corrected chi connectivity index (χ1v) is 13.3.